The summed E-state index contributed by atoms with van der Waals surface area (Å²) in [4.78, 5) is 0. The second kappa shape index (κ2) is 6.50. The Morgan fingerprint density at radius 1 is 1.24 bits per heavy atom. The largest absolute Gasteiger partial charge is 0.493 e. The van der Waals surface area contributed by atoms with E-state index in [1.54, 1.807) is 0 Å². The van der Waals surface area contributed by atoms with Gasteiger partial charge in [-0.25, -0.2) is 0 Å². The lowest BCUT2D eigenvalue weighted by Gasteiger charge is -2.19. The van der Waals surface area contributed by atoms with Crippen LogP contribution in [0.5, 0.6) is 5.75 Å². The van der Waals surface area contributed by atoms with Crippen molar-refractivity contribution < 1.29 is 4.74 Å². The number of rotatable bonds is 3. The van der Waals surface area contributed by atoms with E-state index >= 15 is 0 Å². The van der Waals surface area contributed by atoms with Crippen LogP contribution in [0.4, 0.5) is 0 Å². The standard InChI is InChI=1S/C18H20ClNO/c1-13-5-2-8-16-17(9-4-10-21-18(13)16)20-12-14-6-3-7-15(19)11-14/h2-3,5-8,11,17,20H,4,9-10,12H2,1H3. The Morgan fingerprint density at radius 2 is 2.10 bits per heavy atom. The second-order valence-corrected chi connectivity index (χ2v) is 5.98. The van der Waals surface area contributed by atoms with Crippen LogP contribution < -0.4 is 10.1 Å². The first kappa shape index (κ1) is 14.4. The van der Waals surface area contributed by atoms with Crippen LogP contribution in [-0.2, 0) is 6.54 Å². The van der Waals surface area contributed by atoms with Gasteiger partial charge in [0.05, 0.1) is 6.61 Å². The number of para-hydroxylation sites is 1. The molecule has 2 nitrogen and oxygen atoms in total. The van der Waals surface area contributed by atoms with Crippen LogP contribution in [0.15, 0.2) is 42.5 Å². The summed E-state index contributed by atoms with van der Waals surface area (Å²) in [5.74, 6) is 1.05. The summed E-state index contributed by atoms with van der Waals surface area (Å²) < 4.78 is 5.92. The van der Waals surface area contributed by atoms with Crippen LogP contribution in [0.25, 0.3) is 0 Å². The average molecular weight is 302 g/mol. The summed E-state index contributed by atoms with van der Waals surface area (Å²) in [5, 5.41) is 4.44. The first-order valence-electron chi connectivity index (χ1n) is 7.44. The lowest BCUT2D eigenvalue weighted by atomic mass is 9.99. The number of hydrogen-bond donors (Lipinski definition) is 1. The van der Waals surface area contributed by atoms with Crippen molar-refractivity contribution in [1.29, 1.82) is 0 Å². The maximum absolute atomic E-state index is 6.05. The highest BCUT2D eigenvalue weighted by Gasteiger charge is 2.20. The van der Waals surface area contributed by atoms with Gasteiger partial charge >= 0.3 is 0 Å². The maximum atomic E-state index is 6.05. The maximum Gasteiger partial charge on any atom is 0.126 e. The summed E-state index contributed by atoms with van der Waals surface area (Å²) in [7, 11) is 0. The van der Waals surface area contributed by atoms with Gasteiger partial charge in [-0.3, -0.25) is 0 Å². The second-order valence-electron chi connectivity index (χ2n) is 5.55. The SMILES string of the molecule is Cc1cccc2c1OCCCC2NCc1cccc(Cl)c1. The molecule has 0 radical (unpaired) electrons. The summed E-state index contributed by atoms with van der Waals surface area (Å²) in [6, 6.07) is 14.7. The zero-order valence-electron chi connectivity index (χ0n) is 12.2. The minimum atomic E-state index is 0.335. The molecule has 0 spiro atoms. The molecule has 110 valence electrons. The molecule has 0 fully saturated rings. The lowest BCUT2D eigenvalue weighted by molar-refractivity contribution is 0.313. The number of nitrogens with one attached hydrogen (secondary N) is 1. The number of ether oxygens (including phenoxy) is 1. The predicted octanol–water partition coefficient (Wildman–Crippen LogP) is 4.65. The fourth-order valence-corrected chi connectivity index (χ4v) is 3.08. The summed E-state index contributed by atoms with van der Waals surface area (Å²) >= 11 is 6.05. The molecule has 2 aromatic carbocycles. The minimum absolute atomic E-state index is 0.335. The van der Waals surface area contributed by atoms with Gasteiger partial charge in [0.15, 0.2) is 0 Å². The van der Waals surface area contributed by atoms with E-state index < -0.39 is 0 Å². The molecule has 1 heterocycles. The molecule has 3 rings (SSSR count). The predicted molar refractivity (Wildman–Crippen MR) is 86.9 cm³/mol. The quantitative estimate of drug-likeness (QED) is 0.891. The monoisotopic (exact) mass is 301 g/mol. The van der Waals surface area contributed by atoms with Crippen LogP contribution >= 0.6 is 11.6 Å². The summed E-state index contributed by atoms with van der Waals surface area (Å²) in [6.45, 7) is 3.73. The molecule has 1 aliphatic rings. The Bertz CT molecular complexity index is 626. The molecule has 1 unspecified atom stereocenters. The zero-order valence-corrected chi connectivity index (χ0v) is 13.0. The molecule has 3 heteroatoms. The highest BCUT2D eigenvalue weighted by molar-refractivity contribution is 6.30. The lowest BCUT2D eigenvalue weighted by Crippen LogP contribution is -2.20. The molecule has 1 N–H and O–H groups in total. The molecule has 0 aromatic heterocycles. The van der Waals surface area contributed by atoms with Gasteiger partial charge in [0, 0.05) is 23.2 Å². The molecular weight excluding hydrogens is 282 g/mol. The van der Waals surface area contributed by atoms with Crippen LogP contribution in [-0.4, -0.2) is 6.61 Å². The van der Waals surface area contributed by atoms with Crippen molar-refractivity contribution in [2.24, 2.45) is 0 Å². The topological polar surface area (TPSA) is 21.3 Å². The minimum Gasteiger partial charge on any atom is -0.493 e. The van der Waals surface area contributed by atoms with Crippen LogP contribution in [0.3, 0.4) is 0 Å². The van der Waals surface area contributed by atoms with Gasteiger partial charge < -0.3 is 10.1 Å². The van der Waals surface area contributed by atoms with Gasteiger partial charge in [-0.15, -0.1) is 0 Å². The fraction of sp³-hybridized carbons (Fsp3) is 0.333. The number of fused-ring (bicyclic) bond motifs is 1. The normalized spacial score (nSPS) is 17.7. The third-order valence-corrected chi connectivity index (χ3v) is 4.18. The van der Waals surface area contributed by atoms with Gasteiger partial charge in [-0.1, -0.05) is 41.9 Å². The van der Waals surface area contributed by atoms with E-state index in [0.29, 0.717) is 6.04 Å². The molecule has 0 aliphatic carbocycles. The van der Waals surface area contributed by atoms with Crippen molar-refractivity contribution in [3.63, 3.8) is 0 Å². The fourth-order valence-electron chi connectivity index (χ4n) is 2.86. The Labute approximate surface area is 131 Å². The molecular formula is C18H20ClNO. The first-order valence-corrected chi connectivity index (χ1v) is 7.82. The number of halogens is 1. The summed E-state index contributed by atoms with van der Waals surface area (Å²) in [5.41, 5.74) is 3.69. The van der Waals surface area contributed by atoms with E-state index in [-0.39, 0.29) is 0 Å². The van der Waals surface area contributed by atoms with Gasteiger partial charge in [0.25, 0.3) is 0 Å². The number of aryl methyl sites for hydroxylation is 1. The third kappa shape index (κ3) is 3.39. The highest BCUT2D eigenvalue weighted by atomic mass is 35.5. The van der Waals surface area contributed by atoms with Gasteiger partial charge in [0.1, 0.15) is 5.75 Å². The average Bonchev–Trinajstić information content (AvgIpc) is 2.69. The Kier molecular flexibility index (Phi) is 4.47. The van der Waals surface area contributed by atoms with E-state index in [9.17, 15) is 0 Å². The highest BCUT2D eigenvalue weighted by Crippen LogP contribution is 2.34. The van der Waals surface area contributed by atoms with E-state index in [1.807, 2.05) is 18.2 Å². The van der Waals surface area contributed by atoms with Crippen molar-refractivity contribution in [1.82, 2.24) is 5.32 Å². The van der Waals surface area contributed by atoms with E-state index in [0.717, 1.165) is 36.8 Å². The van der Waals surface area contributed by atoms with Crippen molar-refractivity contribution in [3.05, 3.63) is 64.2 Å². The zero-order chi connectivity index (χ0) is 14.7. The van der Waals surface area contributed by atoms with Gasteiger partial charge in [-0.05, 0) is 43.0 Å². The van der Waals surface area contributed by atoms with Crippen LogP contribution in [0, 0.1) is 6.92 Å². The van der Waals surface area contributed by atoms with E-state index in [4.69, 9.17) is 16.3 Å². The molecule has 0 amide bonds. The van der Waals surface area contributed by atoms with Gasteiger partial charge in [0.2, 0.25) is 0 Å². The molecule has 0 bridgehead atoms. The molecule has 0 saturated carbocycles. The van der Waals surface area contributed by atoms with Crippen molar-refractivity contribution >= 4 is 11.6 Å². The molecule has 21 heavy (non-hydrogen) atoms. The van der Waals surface area contributed by atoms with Crippen LogP contribution in [0.2, 0.25) is 5.02 Å². The first-order chi connectivity index (χ1) is 10.2. The number of benzene rings is 2. The smallest absolute Gasteiger partial charge is 0.126 e. The molecule has 1 aliphatic heterocycles. The van der Waals surface area contributed by atoms with Crippen molar-refractivity contribution in [2.45, 2.75) is 32.4 Å². The Morgan fingerprint density at radius 3 is 2.95 bits per heavy atom. The van der Waals surface area contributed by atoms with E-state index in [1.165, 1.54) is 16.7 Å². The third-order valence-electron chi connectivity index (χ3n) is 3.94. The van der Waals surface area contributed by atoms with Crippen molar-refractivity contribution in [3.8, 4) is 5.75 Å². The Hall–Kier alpha value is -1.51. The van der Waals surface area contributed by atoms with Crippen molar-refractivity contribution in [2.75, 3.05) is 6.61 Å². The van der Waals surface area contributed by atoms with Gasteiger partial charge in [-0.2, -0.15) is 0 Å². The molecule has 2 aromatic rings. The number of hydrogen-bond acceptors (Lipinski definition) is 2. The molecule has 1 atom stereocenters. The molecule has 0 saturated heterocycles. The van der Waals surface area contributed by atoms with E-state index in [2.05, 4.69) is 36.5 Å². The van der Waals surface area contributed by atoms with Crippen LogP contribution in [0.1, 0.15) is 35.6 Å². The summed E-state index contributed by atoms with van der Waals surface area (Å²) in [6.07, 6.45) is 2.17. The Balaban J connectivity index is 1.78.